The van der Waals surface area contributed by atoms with Gasteiger partial charge in [0.05, 0.1) is 13.2 Å². The lowest BCUT2D eigenvalue weighted by atomic mass is 10.1. The van der Waals surface area contributed by atoms with Crippen LogP contribution in [0.25, 0.3) is 0 Å². The molecule has 2 rings (SSSR count). The number of rotatable bonds is 5. The summed E-state index contributed by atoms with van der Waals surface area (Å²) in [5.74, 6) is -0.585. The molecule has 122 valence electrons. The van der Waals surface area contributed by atoms with Crippen LogP contribution in [-0.2, 0) is 10.8 Å². The van der Waals surface area contributed by atoms with E-state index in [0.717, 1.165) is 0 Å². The Kier molecular flexibility index (Phi) is 5.50. The minimum absolute atomic E-state index is 0.162. The van der Waals surface area contributed by atoms with E-state index in [9.17, 15) is 13.4 Å². The predicted molar refractivity (Wildman–Crippen MR) is 87.6 cm³/mol. The van der Waals surface area contributed by atoms with Crippen LogP contribution in [0.2, 0.25) is 0 Å². The molecule has 2 aromatic rings. The van der Waals surface area contributed by atoms with E-state index in [0.29, 0.717) is 16.0 Å². The Morgan fingerprint density at radius 1 is 1.22 bits per heavy atom. The zero-order valence-electron chi connectivity index (χ0n) is 13.1. The molecule has 0 aromatic heterocycles. The summed E-state index contributed by atoms with van der Waals surface area (Å²) >= 11 is 0. The first-order valence-electron chi connectivity index (χ1n) is 7.00. The monoisotopic (exact) mass is 335 g/mol. The molecule has 0 bridgehead atoms. The van der Waals surface area contributed by atoms with Crippen molar-refractivity contribution in [2.24, 2.45) is 0 Å². The molecule has 0 aliphatic carbocycles. The van der Waals surface area contributed by atoms with E-state index in [-0.39, 0.29) is 17.7 Å². The van der Waals surface area contributed by atoms with Crippen molar-refractivity contribution in [2.45, 2.75) is 17.9 Å². The Morgan fingerprint density at radius 3 is 2.39 bits per heavy atom. The molecule has 2 aromatic carbocycles. The molecule has 1 N–H and O–H groups in total. The van der Waals surface area contributed by atoms with E-state index < -0.39 is 16.6 Å². The molecule has 0 fully saturated rings. The number of carbonyl (C=O) groups excluding carboxylic acids is 1. The van der Waals surface area contributed by atoms with E-state index in [1.165, 1.54) is 19.2 Å². The second-order valence-corrected chi connectivity index (χ2v) is 6.45. The molecule has 0 aliphatic heterocycles. The standard InChI is InChI=1S/C17H18FNO3S/c1-11(13-6-9-16(22-2)15(18)10-13)19-17(20)12-4-7-14(8-5-12)23(3)21/h4-11H,1-3H3,(H,19,20)/t11-,23+/m0/s1. The summed E-state index contributed by atoms with van der Waals surface area (Å²) in [7, 11) is 0.317. The van der Waals surface area contributed by atoms with Gasteiger partial charge in [-0.1, -0.05) is 6.07 Å². The Bertz CT molecular complexity index is 731. The van der Waals surface area contributed by atoms with Gasteiger partial charge < -0.3 is 10.1 Å². The Labute approximate surface area is 137 Å². The fourth-order valence-corrected chi connectivity index (χ4v) is 2.63. The number of halogens is 1. The number of carbonyl (C=O) groups is 1. The van der Waals surface area contributed by atoms with Crippen LogP contribution in [0.1, 0.15) is 28.9 Å². The number of ether oxygens (including phenoxy) is 1. The van der Waals surface area contributed by atoms with Crippen LogP contribution < -0.4 is 10.1 Å². The quantitative estimate of drug-likeness (QED) is 0.914. The summed E-state index contributed by atoms with van der Waals surface area (Å²) < 4.78 is 29.9. The van der Waals surface area contributed by atoms with Gasteiger partial charge in [0, 0.05) is 27.5 Å². The third-order valence-corrected chi connectivity index (χ3v) is 4.41. The third-order valence-electron chi connectivity index (χ3n) is 3.47. The van der Waals surface area contributed by atoms with Crippen molar-refractivity contribution in [1.29, 1.82) is 0 Å². The third kappa shape index (κ3) is 4.16. The largest absolute Gasteiger partial charge is 0.494 e. The second kappa shape index (κ2) is 7.37. The highest BCUT2D eigenvalue weighted by Gasteiger charge is 2.13. The average Bonchev–Trinajstić information content (AvgIpc) is 2.54. The number of hydrogen-bond acceptors (Lipinski definition) is 3. The Balaban J connectivity index is 2.09. The van der Waals surface area contributed by atoms with Gasteiger partial charge in [0.25, 0.3) is 5.91 Å². The molecule has 0 unspecified atom stereocenters. The van der Waals surface area contributed by atoms with Gasteiger partial charge >= 0.3 is 0 Å². The maximum atomic E-state index is 13.7. The van der Waals surface area contributed by atoms with Crippen molar-refractivity contribution in [2.75, 3.05) is 13.4 Å². The molecule has 0 aliphatic rings. The first-order chi connectivity index (χ1) is 10.9. The number of methoxy groups -OCH3 is 1. The molecular formula is C17H18FNO3S. The van der Waals surface area contributed by atoms with Crippen LogP contribution >= 0.6 is 0 Å². The van der Waals surface area contributed by atoms with Gasteiger partial charge in [0.1, 0.15) is 0 Å². The SMILES string of the molecule is COc1ccc([C@H](C)NC(=O)c2ccc([S@@](C)=O)cc2)cc1F. The predicted octanol–water partition coefficient (Wildman–Crippen LogP) is 3.06. The first-order valence-corrected chi connectivity index (χ1v) is 8.56. The molecule has 0 radical (unpaired) electrons. The van der Waals surface area contributed by atoms with Crippen molar-refractivity contribution in [3.8, 4) is 5.75 Å². The lowest BCUT2D eigenvalue weighted by Gasteiger charge is -2.15. The van der Waals surface area contributed by atoms with Crippen molar-refractivity contribution in [1.82, 2.24) is 5.32 Å². The molecule has 0 saturated carbocycles. The highest BCUT2D eigenvalue weighted by molar-refractivity contribution is 7.84. The van der Waals surface area contributed by atoms with Crippen LogP contribution in [-0.4, -0.2) is 23.5 Å². The first kappa shape index (κ1) is 17.1. The van der Waals surface area contributed by atoms with Gasteiger partial charge in [-0.05, 0) is 48.9 Å². The molecular weight excluding hydrogens is 317 g/mol. The average molecular weight is 335 g/mol. The van der Waals surface area contributed by atoms with Crippen LogP contribution in [0.5, 0.6) is 5.75 Å². The highest BCUT2D eigenvalue weighted by Crippen LogP contribution is 2.22. The minimum Gasteiger partial charge on any atom is -0.494 e. The molecule has 0 spiro atoms. The Morgan fingerprint density at radius 2 is 1.87 bits per heavy atom. The van der Waals surface area contributed by atoms with Crippen LogP contribution in [0.4, 0.5) is 4.39 Å². The van der Waals surface area contributed by atoms with E-state index >= 15 is 0 Å². The van der Waals surface area contributed by atoms with Gasteiger partial charge in [-0.3, -0.25) is 9.00 Å². The summed E-state index contributed by atoms with van der Waals surface area (Å²) in [5, 5.41) is 2.80. The van der Waals surface area contributed by atoms with Gasteiger partial charge in [-0.15, -0.1) is 0 Å². The van der Waals surface area contributed by atoms with Crippen molar-refractivity contribution in [3.05, 3.63) is 59.4 Å². The summed E-state index contributed by atoms with van der Waals surface area (Å²) in [4.78, 5) is 12.9. The van der Waals surface area contributed by atoms with Crippen molar-refractivity contribution < 1.29 is 18.1 Å². The topological polar surface area (TPSA) is 55.4 Å². The minimum atomic E-state index is -1.08. The second-order valence-electron chi connectivity index (χ2n) is 5.07. The van der Waals surface area contributed by atoms with Crippen LogP contribution in [0.3, 0.4) is 0 Å². The molecule has 0 saturated heterocycles. The van der Waals surface area contributed by atoms with Crippen LogP contribution in [0.15, 0.2) is 47.4 Å². The molecule has 4 nitrogen and oxygen atoms in total. The van der Waals surface area contributed by atoms with E-state index in [1.807, 2.05) is 0 Å². The number of hydrogen-bond donors (Lipinski definition) is 1. The summed E-state index contributed by atoms with van der Waals surface area (Å²) in [6, 6.07) is 10.8. The highest BCUT2D eigenvalue weighted by atomic mass is 32.2. The summed E-state index contributed by atoms with van der Waals surface area (Å²) in [5.41, 5.74) is 1.10. The number of nitrogens with one attached hydrogen (secondary N) is 1. The number of amides is 1. The van der Waals surface area contributed by atoms with Crippen molar-refractivity contribution in [3.63, 3.8) is 0 Å². The van der Waals surface area contributed by atoms with Crippen molar-refractivity contribution >= 4 is 16.7 Å². The molecule has 23 heavy (non-hydrogen) atoms. The normalized spacial score (nSPS) is 13.2. The zero-order valence-corrected chi connectivity index (χ0v) is 13.9. The van der Waals surface area contributed by atoms with Gasteiger partial charge in [0.15, 0.2) is 11.6 Å². The summed E-state index contributed by atoms with van der Waals surface area (Å²) in [6.45, 7) is 1.77. The molecule has 6 heteroatoms. The van der Waals surface area contributed by atoms with E-state index in [2.05, 4.69) is 5.32 Å². The lowest BCUT2D eigenvalue weighted by Crippen LogP contribution is -2.26. The van der Waals surface area contributed by atoms with E-state index in [1.54, 1.807) is 43.5 Å². The fourth-order valence-electron chi connectivity index (χ4n) is 2.11. The van der Waals surface area contributed by atoms with Gasteiger partial charge in [0.2, 0.25) is 0 Å². The van der Waals surface area contributed by atoms with Gasteiger partial charge in [-0.25, -0.2) is 4.39 Å². The fraction of sp³-hybridized carbons (Fsp3) is 0.235. The van der Waals surface area contributed by atoms with E-state index in [4.69, 9.17) is 4.74 Å². The Hall–Kier alpha value is -2.21. The maximum Gasteiger partial charge on any atom is 0.251 e. The van der Waals surface area contributed by atoms with Gasteiger partial charge in [-0.2, -0.15) is 0 Å². The maximum absolute atomic E-state index is 13.7. The molecule has 0 heterocycles. The zero-order chi connectivity index (χ0) is 17.0. The molecule has 2 atom stereocenters. The van der Waals surface area contributed by atoms with Crippen LogP contribution in [0, 0.1) is 5.82 Å². The summed E-state index contributed by atoms with van der Waals surface area (Å²) in [6.07, 6.45) is 1.58. The number of benzene rings is 2. The lowest BCUT2D eigenvalue weighted by molar-refractivity contribution is 0.0939. The smallest absolute Gasteiger partial charge is 0.251 e. The molecule has 1 amide bonds.